The number of ketones is 1. The minimum absolute atomic E-state index is 0.123. The standard InChI is InChI=1S/C31H27N3O2/c1-3-34(4-2)22-16-14-20(15-17-22)30-32-26-19-18-25-27(28(26)33-30)29(35)23-12-8-9-13-24(23)31(25,36)21-10-6-5-7-11-21/h5-19,36H,3-4H2,1-2H3,(H,32,33). The molecule has 178 valence electrons. The molecule has 0 amide bonds. The van der Waals surface area contributed by atoms with Gasteiger partial charge in [0.25, 0.3) is 0 Å². The molecule has 6 rings (SSSR count). The largest absolute Gasteiger partial charge is 0.376 e. The summed E-state index contributed by atoms with van der Waals surface area (Å²) in [6.07, 6.45) is 0. The number of aromatic amines is 1. The number of aromatic nitrogens is 2. The first-order valence-electron chi connectivity index (χ1n) is 12.4. The van der Waals surface area contributed by atoms with Crippen LogP contribution in [0.25, 0.3) is 22.4 Å². The van der Waals surface area contributed by atoms with E-state index in [1.807, 2.05) is 60.7 Å². The molecule has 1 atom stereocenters. The number of carbonyl (C=O) groups excluding carboxylic acids is 1. The third-order valence-electron chi connectivity index (χ3n) is 7.29. The second-order valence-electron chi connectivity index (χ2n) is 9.14. The van der Waals surface area contributed by atoms with Crippen LogP contribution in [-0.4, -0.2) is 33.9 Å². The van der Waals surface area contributed by atoms with E-state index in [1.165, 1.54) is 0 Å². The fourth-order valence-electron chi connectivity index (χ4n) is 5.43. The third kappa shape index (κ3) is 3.20. The summed E-state index contributed by atoms with van der Waals surface area (Å²) in [6, 6.07) is 28.9. The molecule has 1 aliphatic carbocycles. The lowest BCUT2D eigenvalue weighted by Crippen LogP contribution is -2.36. The van der Waals surface area contributed by atoms with Crippen LogP contribution in [0.2, 0.25) is 0 Å². The summed E-state index contributed by atoms with van der Waals surface area (Å²) in [4.78, 5) is 24.4. The van der Waals surface area contributed by atoms with E-state index < -0.39 is 5.60 Å². The zero-order chi connectivity index (χ0) is 24.9. The first-order valence-corrected chi connectivity index (χ1v) is 12.4. The molecule has 36 heavy (non-hydrogen) atoms. The lowest BCUT2D eigenvalue weighted by atomic mass is 9.70. The predicted molar refractivity (Wildman–Crippen MR) is 144 cm³/mol. The number of rotatable bonds is 5. The van der Waals surface area contributed by atoms with Crippen LogP contribution >= 0.6 is 0 Å². The number of hydrogen-bond acceptors (Lipinski definition) is 4. The summed E-state index contributed by atoms with van der Waals surface area (Å²) < 4.78 is 0. The summed E-state index contributed by atoms with van der Waals surface area (Å²) in [6.45, 7) is 6.18. The molecule has 5 nitrogen and oxygen atoms in total. The number of nitrogens with zero attached hydrogens (tertiary/aromatic N) is 2. The highest BCUT2D eigenvalue weighted by atomic mass is 16.3. The molecule has 0 spiro atoms. The number of fused-ring (bicyclic) bond motifs is 4. The van der Waals surface area contributed by atoms with Crippen molar-refractivity contribution in [3.05, 3.63) is 119 Å². The van der Waals surface area contributed by atoms with Crippen molar-refractivity contribution < 1.29 is 9.90 Å². The number of anilines is 1. The van der Waals surface area contributed by atoms with Crippen molar-refractivity contribution >= 4 is 22.5 Å². The molecule has 4 aromatic carbocycles. The summed E-state index contributed by atoms with van der Waals surface area (Å²) in [5.74, 6) is 0.571. The Morgan fingerprint density at radius 2 is 1.53 bits per heavy atom. The Balaban J connectivity index is 1.54. The van der Waals surface area contributed by atoms with E-state index in [-0.39, 0.29) is 5.78 Å². The Labute approximate surface area is 210 Å². The predicted octanol–water partition coefficient (Wildman–Crippen LogP) is 5.90. The van der Waals surface area contributed by atoms with Gasteiger partial charge in [0, 0.05) is 41.0 Å². The number of imidazole rings is 1. The Morgan fingerprint density at radius 3 is 2.25 bits per heavy atom. The number of carbonyl (C=O) groups is 1. The third-order valence-corrected chi connectivity index (χ3v) is 7.29. The van der Waals surface area contributed by atoms with Crippen molar-refractivity contribution in [1.82, 2.24) is 9.97 Å². The van der Waals surface area contributed by atoms with Gasteiger partial charge in [-0.2, -0.15) is 0 Å². The molecule has 1 heterocycles. The topological polar surface area (TPSA) is 69.2 Å². The van der Waals surface area contributed by atoms with Gasteiger partial charge in [0.15, 0.2) is 5.78 Å². The molecule has 1 aromatic heterocycles. The number of nitrogens with one attached hydrogen (secondary N) is 1. The molecule has 0 radical (unpaired) electrons. The van der Waals surface area contributed by atoms with Gasteiger partial charge < -0.3 is 15.0 Å². The minimum atomic E-state index is -1.46. The Morgan fingerprint density at radius 1 is 0.833 bits per heavy atom. The lowest BCUT2D eigenvalue weighted by molar-refractivity contribution is 0.0952. The van der Waals surface area contributed by atoms with Gasteiger partial charge in [-0.15, -0.1) is 0 Å². The molecular formula is C31H27N3O2. The van der Waals surface area contributed by atoms with Crippen molar-refractivity contribution in [2.75, 3.05) is 18.0 Å². The molecule has 2 N–H and O–H groups in total. The Kier molecular flexibility index (Phi) is 5.23. The molecule has 1 aliphatic rings. The molecule has 5 heteroatoms. The average Bonchev–Trinajstić information content (AvgIpc) is 3.37. The van der Waals surface area contributed by atoms with Crippen molar-refractivity contribution in [2.45, 2.75) is 19.4 Å². The quantitative estimate of drug-likeness (QED) is 0.333. The first kappa shape index (κ1) is 22.3. The zero-order valence-corrected chi connectivity index (χ0v) is 20.3. The van der Waals surface area contributed by atoms with Crippen LogP contribution in [0.3, 0.4) is 0 Å². The second-order valence-corrected chi connectivity index (χ2v) is 9.14. The number of aliphatic hydroxyl groups is 1. The highest BCUT2D eigenvalue weighted by Gasteiger charge is 2.44. The minimum Gasteiger partial charge on any atom is -0.376 e. The van der Waals surface area contributed by atoms with Crippen LogP contribution in [0, 0.1) is 0 Å². The van der Waals surface area contributed by atoms with E-state index in [2.05, 4.69) is 48.0 Å². The molecule has 0 saturated carbocycles. The first-order chi connectivity index (χ1) is 17.6. The highest BCUT2D eigenvalue weighted by Crippen LogP contribution is 2.46. The summed E-state index contributed by atoms with van der Waals surface area (Å²) in [5.41, 5.74) is 4.79. The molecule has 0 saturated heterocycles. The van der Waals surface area contributed by atoms with Gasteiger partial charge in [-0.25, -0.2) is 4.98 Å². The molecule has 0 bridgehead atoms. The smallest absolute Gasteiger partial charge is 0.196 e. The Hall–Kier alpha value is -4.22. The molecular weight excluding hydrogens is 446 g/mol. The van der Waals surface area contributed by atoms with Crippen molar-refractivity contribution in [3.63, 3.8) is 0 Å². The summed E-state index contributed by atoms with van der Waals surface area (Å²) >= 11 is 0. The fraction of sp³-hybridized carbons (Fsp3) is 0.161. The maximum absolute atomic E-state index is 13.8. The van der Waals surface area contributed by atoms with Gasteiger partial charge in [0.1, 0.15) is 16.9 Å². The van der Waals surface area contributed by atoms with E-state index in [4.69, 9.17) is 4.98 Å². The monoisotopic (exact) mass is 473 g/mol. The van der Waals surface area contributed by atoms with Crippen molar-refractivity contribution in [1.29, 1.82) is 0 Å². The van der Waals surface area contributed by atoms with Crippen LogP contribution in [-0.2, 0) is 5.60 Å². The average molecular weight is 474 g/mol. The maximum atomic E-state index is 13.8. The van der Waals surface area contributed by atoms with Crippen LogP contribution in [0.1, 0.15) is 46.5 Å². The highest BCUT2D eigenvalue weighted by molar-refractivity contribution is 6.19. The van der Waals surface area contributed by atoms with Gasteiger partial charge in [-0.05, 0) is 49.7 Å². The summed E-state index contributed by atoms with van der Waals surface area (Å²) in [5, 5.41) is 12.3. The van der Waals surface area contributed by atoms with Crippen LogP contribution < -0.4 is 4.90 Å². The summed E-state index contributed by atoms with van der Waals surface area (Å²) in [7, 11) is 0. The lowest BCUT2D eigenvalue weighted by Gasteiger charge is -2.36. The maximum Gasteiger partial charge on any atom is 0.196 e. The van der Waals surface area contributed by atoms with E-state index in [0.29, 0.717) is 39.2 Å². The zero-order valence-electron chi connectivity index (χ0n) is 20.3. The molecule has 5 aromatic rings. The van der Waals surface area contributed by atoms with Gasteiger partial charge in [-0.3, -0.25) is 4.79 Å². The van der Waals surface area contributed by atoms with E-state index >= 15 is 0 Å². The normalized spacial score (nSPS) is 16.6. The van der Waals surface area contributed by atoms with Crippen molar-refractivity contribution in [2.24, 2.45) is 0 Å². The SMILES string of the molecule is CCN(CC)c1ccc(-c2nc3c4c(ccc3[nH]2)C(O)(c2ccccc2)c2ccccc2C4=O)cc1. The van der Waals surface area contributed by atoms with Gasteiger partial charge >= 0.3 is 0 Å². The van der Waals surface area contributed by atoms with Gasteiger partial charge in [0.2, 0.25) is 0 Å². The van der Waals surface area contributed by atoms with E-state index in [0.717, 1.165) is 29.9 Å². The van der Waals surface area contributed by atoms with Crippen LogP contribution in [0.4, 0.5) is 5.69 Å². The van der Waals surface area contributed by atoms with Crippen LogP contribution in [0.15, 0.2) is 91.0 Å². The Bertz CT molecular complexity index is 1580. The number of hydrogen-bond donors (Lipinski definition) is 2. The van der Waals surface area contributed by atoms with Crippen LogP contribution in [0.5, 0.6) is 0 Å². The van der Waals surface area contributed by atoms with Gasteiger partial charge in [-0.1, -0.05) is 60.7 Å². The van der Waals surface area contributed by atoms with E-state index in [9.17, 15) is 9.90 Å². The fourth-order valence-corrected chi connectivity index (χ4v) is 5.43. The van der Waals surface area contributed by atoms with Gasteiger partial charge in [0.05, 0.1) is 11.1 Å². The number of H-pyrrole nitrogens is 1. The second kappa shape index (κ2) is 8.47. The van der Waals surface area contributed by atoms with Crippen molar-refractivity contribution in [3.8, 4) is 11.4 Å². The molecule has 0 aliphatic heterocycles. The number of benzene rings is 4. The van der Waals surface area contributed by atoms with E-state index in [1.54, 1.807) is 6.07 Å². The molecule has 1 unspecified atom stereocenters. The molecule has 0 fully saturated rings.